The summed E-state index contributed by atoms with van der Waals surface area (Å²) in [5, 5.41) is 9.29. The zero-order valence-corrected chi connectivity index (χ0v) is 10.6. The molecule has 5 nitrogen and oxygen atoms in total. The predicted octanol–water partition coefficient (Wildman–Crippen LogP) is 0.970. The molecule has 0 bridgehead atoms. The highest BCUT2D eigenvalue weighted by Crippen LogP contribution is 2.29. The van der Waals surface area contributed by atoms with Crippen LogP contribution in [0.15, 0.2) is 0 Å². The van der Waals surface area contributed by atoms with Gasteiger partial charge in [-0.2, -0.15) is 0 Å². The van der Waals surface area contributed by atoms with Crippen LogP contribution in [0, 0.1) is 0 Å². The van der Waals surface area contributed by atoms with Gasteiger partial charge in [-0.15, -0.1) is 0 Å². The van der Waals surface area contributed by atoms with E-state index in [0.717, 1.165) is 19.3 Å². The number of carboxylic acids is 1. The number of carbonyl (C=O) groups excluding carboxylic acids is 1. The summed E-state index contributed by atoms with van der Waals surface area (Å²) in [5.41, 5.74) is 4.71. The summed E-state index contributed by atoms with van der Waals surface area (Å²) >= 11 is 0. The van der Waals surface area contributed by atoms with E-state index in [2.05, 4.69) is 0 Å². The number of piperidine rings is 1. The fourth-order valence-electron chi connectivity index (χ4n) is 2.33. The Labute approximate surface area is 102 Å². The van der Waals surface area contributed by atoms with Crippen LogP contribution in [0.2, 0.25) is 0 Å². The Bertz CT molecular complexity index is 306. The number of nitrogens with zero attached hydrogens (tertiary/aromatic N) is 1. The van der Waals surface area contributed by atoms with Crippen molar-refractivity contribution in [1.29, 1.82) is 0 Å². The molecule has 0 aromatic rings. The normalized spacial score (nSPS) is 26.6. The average molecular weight is 242 g/mol. The Balaban J connectivity index is 2.85. The van der Waals surface area contributed by atoms with E-state index in [1.54, 1.807) is 6.92 Å². The van der Waals surface area contributed by atoms with Gasteiger partial charge in [0.2, 0.25) is 5.91 Å². The topological polar surface area (TPSA) is 83.6 Å². The van der Waals surface area contributed by atoms with Crippen LogP contribution in [0.25, 0.3) is 0 Å². The van der Waals surface area contributed by atoms with Gasteiger partial charge in [-0.3, -0.25) is 4.79 Å². The zero-order chi connectivity index (χ0) is 13.1. The first-order chi connectivity index (χ1) is 7.93. The number of hydrogen-bond acceptors (Lipinski definition) is 3. The van der Waals surface area contributed by atoms with Gasteiger partial charge in [0.15, 0.2) is 0 Å². The van der Waals surface area contributed by atoms with E-state index in [-0.39, 0.29) is 5.91 Å². The van der Waals surface area contributed by atoms with Gasteiger partial charge in [0, 0.05) is 6.54 Å². The molecule has 5 heteroatoms. The molecule has 0 aliphatic carbocycles. The third kappa shape index (κ3) is 2.77. The van der Waals surface area contributed by atoms with E-state index >= 15 is 0 Å². The Morgan fingerprint density at radius 2 is 2.12 bits per heavy atom. The summed E-state index contributed by atoms with van der Waals surface area (Å²) in [5.74, 6) is -1.16. The maximum atomic E-state index is 12.1. The van der Waals surface area contributed by atoms with E-state index in [1.165, 1.54) is 4.90 Å². The van der Waals surface area contributed by atoms with Gasteiger partial charge in [0.05, 0.1) is 6.04 Å². The maximum Gasteiger partial charge on any atom is 0.329 e. The minimum absolute atomic E-state index is 0.226. The first kappa shape index (κ1) is 14.0. The standard InChI is InChI=1S/C12H22N2O3/c1-3-6-9(13)10(15)14-8-5-4-7-12(14,2)11(16)17/h9H,3-8,13H2,1-2H3,(H,16,17). The quantitative estimate of drug-likeness (QED) is 0.769. The zero-order valence-electron chi connectivity index (χ0n) is 10.6. The van der Waals surface area contributed by atoms with Crippen molar-refractivity contribution in [2.24, 2.45) is 5.73 Å². The first-order valence-electron chi connectivity index (χ1n) is 6.24. The van der Waals surface area contributed by atoms with Crippen molar-refractivity contribution in [3.05, 3.63) is 0 Å². The summed E-state index contributed by atoms with van der Waals surface area (Å²) in [6.45, 7) is 4.07. The maximum absolute atomic E-state index is 12.1. The molecule has 2 atom stereocenters. The van der Waals surface area contributed by atoms with E-state index in [9.17, 15) is 14.7 Å². The van der Waals surface area contributed by atoms with Crippen molar-refractivity contribution in [1.82, 2.24) is 4.90 Å². The van der Waals surface area contributed by atoms with Crippen LogP contribution in [0.4, 0.5) is 0 Å². The van der Waals surface area contributed by atoms with Gasteiger partial charge < -0.3 is 15.7 Å². The number of carbonyl (C=O) groups is 2. The summed E-state index contributed by atoms with van der Waals surface area (Å²) in [7, 11) is 0. The highest BCUT2D eigenvalue weighted by atomic mass is 16.4. The van der Waals surface area contributed by atoms with Crippen molar-refractivity contribution in [3.8, 4) is 0 Å². The average Bonchev–Trinajstić information content (AvgIpc) is 2.29. The smallest absolute Gasteiger partial charge is 0.329 e. The Morgan fingerprint density at radius 1 is 1.47 bits per heavy atom. The van der Waals surface area contributed by atoms with Crippen LogP contribution in [0.5, 0.6) is 0 Å². The Hall–Kier alpha value is -1.10. The lowest BCUT2D eigenvalue weighted by atomic mass is 9.87. The second-order valence-corrected chi connectivity index (χ2v) is 4.92. The molecule has 17 heavy (non-hydrogen) atoms. The predicted molar refractivity (Wildman–Crippen MR) is 64.5 cm³/mol. The van der Waals surface area contributed by atoms with Crippen molar-refractivity contribution >= 4 is 11.9 Å². The van der Waals surface area contributed by atoms with E-state index in [0.29, 0.717) is 19.4 Å². The fraction of sp³-hybridized carbons (Fsp3) is 0.833. The summed E-state index contributed by atoms with van der Waals surface area (Å²) in [6, 6.07) is -0.572. The SMILES string of the molecule is CCCC(N)C(=O)N1CCCCC1(C)C(=O)O. The van der Waals surface area contributed by atoms with Crippen molar-refractivity contribution in [3.63, 3.8) is 0 Å². The van der Waals surface area contributed by atoms with Crippen LogP contribution in [0.3, 0.4) is 0 Å². The highest BCUT2D eigenvalue weighted by Gasteiger charge is 2.44. The fourth-order valence-corrected chi connectivity index (χ4v) is 2.33. The molecule has 1 amide bonds. The molecule has 1 aliphatic rings. The van der Waals surface area contributed by atoms with Crippen LogP contribution >= 0.6 is 0 Å². The van der Waals surface area contributed by atoms with Crippen molar-refractivity contribution in [2.45, 2.75) is 57.5 Å². The molecule has 1 aliphatic heterocycles. The number of carboxylic acid groups (broad SMARTS) is 1. The molecule has 1 fully saturated rings. The highest BCUT2D eigenvalue weighted by molar-refractivity contribution is 5.89. The van der Waals surface area contributed by atoms with E-state index in [1.807, 2.05) is 6.92 Å². The van der Waals surface area contributed by atoms with Gasteiger partial charge in [-0.05, 0) is 32.6 Å². The van der Waals surface area contributed by atoms with E-state index in [4.69, 9.17) is 5.73 Å². The molecular formula is C12H22N2O3. The third-order valence-corrected chi connectivity index (χ3v) is 3.53. The molecular weight excluding hydrogens is 220 g/mol. The lowest BCUT2D eigenvalue weighted by molar-refractivity contribution is -0.161. The molecule has 1 heterocycles. The van der Waals surface area contributed by atoms with Crippen molar-refractivity contribution < 1.29 is 14.7 Å². The first-order valence-corrected chi connectivity index (χ1v) is 6.24. The number of nitrogens with two attached hydrogens (primary N) is 1. The molecule has 98 valence electrons. The lowest BCUT2D eigenvalue weighted by Crippen LogP contribution is -2.60. The summed E-state index contributed by atoms with van der Waals surface area (Å²) in [4.78, 5) is 24.9. The second-order valence-electron chi connectivity index (χ2n) is 4.92. The van der Waals surface area contributed by atoms with E-state index < -0.39 is 17.6 Å². The Morgan fingerprint density at radius 3 is 2.65 bits per heavy atom. The molecule has 0 aromatic heterocycles. The van der Waals surface area contributed by atoms with Gasteiger partial charge in [-0.1, -0.05) is 13.3 Å². The minimum atomic E-state index is -1.08. The summed E-state index contributed by atoms with van der Waals surface area (Å²) < 4.78 is 0. The molecule has 0 radical (unpaired) electrons. The molecule has 0 spiro atoms. The van der Waals surface area contributed by atoms with Crippen LogP contribution in [-0.2, 0) is 9.59 Å². The van der Waals surface area contributed by atoms with Crippen molar-refractivity contribution in [2.75, 3.05) is 6.54 Å². The number of hydrogen-bond donors (Lipinski definition) is 2. The number of amides is 1. The van der Waals surface area contributed by atoms with Gasteiger partial charge in [0.25, 0.3) is 0 Å². The molecule has 1 rings (SSSR count). The third-order valence-electron chi connectivity index (χ3n) is 3.53. The van der Waals surface area contributed by atoms with Crippen LogP contribution in [0.1, 0.15) is 46.0 Å². The molecule has 3 N–H and O–H groups in total. The number of likely N-dealkylation sites (tertiary alicyclic amines) is 1. The number of rotatable bonds is 4. The minimum Gasteiger partial charge on any atom is -0.480 e. The lowest BCUT2D eigenvalue weighted by Gasteiger charge is -2.42. The molecule has 1 saturated heterocycles. The monoisotopic (exact) mass is 242 g/mol. The summed E-state index contributed by atoms with van der Waals surface area (Å²) in [6.07, 6.45) is 3.63. The molecule has 2 unspecified atom stereocenters. The van der Waals surface area contributed by atoms with Gasteiger partial charge in [0.1, 0.15) is 5.54 Å². The molecule has 0 saturated carbocycles. The second kappa shape index (κ2) is 5.49. The van der Waals surface area contributed by atoms with Gasteiger partial charge >= 0.3 is 5.97 Å². The van der Waals surface area contributed by atoms with Crippen LogP contribution < -0.4 is 5.73 Å². The largest absolute Gasteiger partial charge is 0.480 e. The Kier molecular flexibility index (Phi) is 4.51. The van der Waals surface area contributed by atoms with Gasteiger partial charge in [-0.25, -0.2) is 4.79 Å². The molecule has 0 aromatic carbocycles. The van der Waals surface area contributed by atoms with Crippen LogP contribution in [-0.4, -0.2) is 40.0 Å². The number of aliphatic carboxylic acids is 1.